The van der Waals surface area contributed by atoms with Crippen molar-refractivity contribution in [1.82, 2.24) is 14.9 Å². The zero-order chi connectivity index (χ0) is 26.7. The van der Waals surface area contributed by atoms with Crippen LogP contribution in [-0.2, 0) is 28.8 Å². The van der Waals surface area contributed by atoms with Gasteiger partial charge in [-0.05, 0) is 59.8 Å². The van der Waals surface area contributed by atoms with Crippen molar-refractivity contribution < 1.29 is 32.6 Å². The van der Waals surface area contributed by atoms with E-state index in [1.54, 1.807) is 23.6 Å². The summed E-state index contributed by atoms with van der Waals surface area (Å²) in [5.74, 6) is 4.69. The molecular formula is C25H23ClF3N3O4. The second-order valence-corrected chi connectivity index (χ2v) is 7.67. The average molecular weight is 522 g/mol. The minimum Gasteiger partial charge on any atom is -0.478 e. The lowest BCUT2D eigenvalue weighted by Gasteiger charge is -2.09. The average Bonchev–Trinajstić information content (AvgIpc) is 3.11. The van der Waals surface area contributed by atoms with E-state index in [0.717, 1.165) is 23.4 Å². The molecule has 0 bridgehead atoms. The number of hydrogen-bond donors (Lipinski definition) is 2. The lowest BCUT2D eigenvalue weighted by molar-refractivity contribution is -0.137. The predicted molar refractivity (Wildman–Crippen MR) is 128 cm³/mol. The first-order chi connectivity index (χ1) is 17.1. The summed E-state index contributed by atoms with van der Waals surface area (Å²) in [5, 5.41) is 11.3. The van der Waals surface area contributed by atoms with Crippen molar-refractivity contribution in [2.45, 2.75) is 26.2 Å². The zero-order valence-corrected chi connectivity index (χ0v) is 20.2. The standard InChI is InChI=1S/C16H14ClF3N2O.C9H9NO3/c1-11-14(4-3-9-23-2)21-15(17)22(11)10-12-5-7-13(8-6-12)16(18,19)20;11-6-10-5-7-1-3-8(4-2-7)9(12)13/h5-8H,9-10H2,1-2H3;1-4,6H,5H2,(H,10,11)(H,12,13). The molecule has 0 atom stereocenters. The Hall–Kier alpha value is -3.81. The monoisotopic (exact) mass is 521 g/mol. The summed E-state index contributed by atoms with van der Waals surface area (Å²) < 4.78 is 44.2. The summed E-state index contributed by atoms with van der Waals surface area (Å²) in [5.41, 5.74) is 2.40. The summed E-state index contributed by atoms with van der Waals surface area (Å²) in [6.45, 7) is 2.83. The molecule has 0 aliphatic heterocycles. The summed E-state index contributed by atoms with van der Waals surface area (Å²) in [4.78, 5) is 24.6. The van der Waals surface area contributed by atoms with Crippen LogP contribution in [0, 0.1) is 18.8 Å². The van der Waals surface area contributed by atoms with Crippen LogP contribution in [0.2, 0.25) is 5.28 Å². The molecule has 3 aromatic rings. The van der Waals surface area contributed by atoms with Crippen molar-refractivity contribution in [3.05, 3.63) is 87.5 Å². The fraction of sp³-hybridized carbons (Fsp3) is 0.240. The van der Waals surface area contributed by atoms with Crippen molar-refractivity contribution in [3.63, 3.8) is 0 Å². The van der Waals surface area contributed by atoms with E-state index in [1.165, 1.54) is 31.4 Å². The number of alkyl halides is 3. The molecule has 1 aromatic heterocycles. The van der Waals surface area contributed by atoms with Crippen molar-refractivity contribution in [1.29, 1.82) is 0 Å². The fourth-order valence-corrected chi connectivity index (χ4v) is 3.17. The molecule has 2 N–H and O–H groups in total. The number of carboxylic acid groups (broad SMARTS) is 1. The molecule has 3 rings (SSSR count). The molecule has 0 saturated carbocycles. The second kappa shape index (κ2) is 13.3. The molecule has 0 unspecified atom stereocenters. The van der Waals surface area contributed by atoms with Gasteiger partial charge in [0.25, 0.3) is 0 Å². The van der Waals surface area contributed by atoms with Crippen LogP contribution in [0.5, 0.6) is 0 Å². The number of hydrogen-bond acceptors (Lipinski definition) is 4. The van der Waals surface area contributed by atoms with Crippen molar-refractivity contribution >= 4 is 24.0 Å². The van der Waals surface area contributed by atoms with Crippen molar-refractivity contribution in [3.8, 4) is 11.8 Å². The quantitative estimate of drug-likeness (QED) is 0.352. The molecule has 190 valence electrons. The van der Waals surface area contributed by atoms with E-state index < -0.39 is 17.7 Å². The third-order valence-electron chi connectivity index (χ3n) is 4.81. The Labute approximate surface area is 210 Å². The van der Waals surface area contributed by atoms with Crippen molar-refractivity contribution in [2.75, 3.05) is 13.7 Å². The van der Waals surface area contributed by atoms with Crippen LogP contribution < -0.4 is 5.32 Å². The Morgan fingerprint density at radius 3 is 2.31 bits per heavy atom. The minimum absolute atomic E-state index is 0.240. The van der Waals surface area contributed by atoms with Gasteiger partial charge >= 0.3 is 12.1 Å². The first kappa shape index (κ1) is 28.4. The lowest BCUT2D eigenvalue weighted by atomic mass is 10.1. The highest BCUT2D eigenvalue weighted by Gasteiger charge is 2.29. The van der Waals surface area contributed by atoms with E-state index in [-0.39, 0.29) is 17.5 Å². The van der Waals surface area contributed by atoms with Gasteiger partial charge in [-0.15, -0.1) is 0 Å². The predicted octanol–water partition coefficient (Wildman–Crippen LogP) is 4.54. The van der Waals surface area contributed by atoms with Crippen LogP contribution in [-0.4, -0.2) is 40.8 Å². The van der Waals surface area contributed by atoms with Gasteiger partial charge in [0, 0.05) is 13.7 Å². The number of carboxylic acids is 1. The first-order valence-electron chi connectivity index (χ1n) is 10.4. The van der Waals surface area contributed by atoms with Crippen LogP contribution in [0.3, 0.4) is 0 Å². The van der Waals surface area contributed by atoms with Crippen molar-refractivity contribution in [2.24, 2.45) is 0 Å². The maximum absolute atomic E-state index is 12.6. The molecule has 36 heavy (non-hydrogen) atoms. The van der Waals surface area contributed by atoms with E-state index >= 15 is 0 Å². The van der Waals surface area contributed by atoms with Gasteiger partial charge < -0.3 is 19.7 Å². The van der Waals surface area contributed by atoms with Gasteiger partial charge in [0.05, 0.1) is 23.4 Å². The molecule has 1 amide bonds. The summed E-state index contributed by atoms with van der Waals surface area (Å²) in [6, 6.07) is 11.3. The zero-order valence-electron chi connectivity index (χ0n) is 19.4. The molecule has 0 radical (unpaired) electrons. The Morgan fingerprint density at radius 2 is 1.78 bits per heavy atom. The number of rotatable bonds is 7. The SMILES string of the molecule is COCC#Cc1nc(Cl)n(Cc2ccc(C(F)(F)F)cc2)c1C.O=CNCc1ccc(C(=O)O)cc1. The van der Waals surface area contributed by atoms with Gasteiger partial charge in [0.15, 0.2) is 0 Å². The van der Waals surface area contributed by atoms with E-state index in [4.69, 9.17) is 21.4 Å². The van der Waals surface area contributed by atoms with E-state index in [0.29, 0.717) is 30.8 Å². The Morgan fingerprint density at radius 1 is 1.17 bits per heavy atom. The largest absolute Gasteiger partial charge is 0.478 e. The Balaban J connectivity index is 0.000000297. The fourth-order valence-electron chi connectivity index (χ4n) is 2.90. The number of nitrogens with one attached hydrogen (secondary N) is 1. The highest BCUT2D eigenvalue weighted by Crippen LogP contribution is 2.29. The lowest BCUT2D eigenvalue weighted by Crippen LogP contribution is -2.09. The van der Waals surface area contributed by atoms with Gasteiger partial charge in [-0.3, -0.25) is 4.79 Å². The number of methoxy groups -OCH3 is 1. The third-order valence-corrected chi connectivity index (χ3v) is 5.10. The molecule has 0 fully saturated rings. The number of aromatic nitrogens is 2. The molecule has 1 heterocycles. The molecule has 0 saturated heterocycles. The van der Waals surface area contributed by atoms with E-state index in [1.807, 2.05) is 0 Å². The van der Waals surface area contributed by atoms with Gasteiger partial charge in [-0.25, -0.2) is 9.78 Å². The molecule has 7 nitrogen and oxygen atoms in total. The normalized spacial score (nSPS) is 10.5. The summed E-state index contributed by atoms with van der Waals surface area (Å²) in [6.07, 6.45) is -3.74. The van der Waals surface area contributed by atoms with Crippen LogP contribution >= 0.6 is 11.6 Å². The number of ether oxygens (including phenoxy) is 1. The maximum atomic E-state index is 12.6. The first-order valence-corrected chi connectivity index (χ1v) is 10.8. The third kappa shape index (κ3) is 8.45. The Bertz CT molecular complexity index is 1230. The Kier molecular flexibility index (Phi) is 10.5. The van der Waals surface area contributed by atoms with Crippen LogP contribution in [0.4, 0.5) is 13.2 Å². The van der Waals surface area contributed by atoms with Gasteiger partial charge in [-0.2, -0.15) is 13.2 Å². The van der Waals surface area contributed by atoms with Crippen LogP contribution in [0.25, 0.3) is 0 Å². The van der Waals surface area contributed by atoms with Gasteiger partial charge in [0.1, 0.15) is 12.3 Å². The molecule has 11 heteroatoms. The van der Waals surface area contributed by atoms with Gasteiger partial charge in [-0.1, -0.05) is 30.2 Å². The van der Waals surface area contributed by atoms with E-state index in [9.17, 15) is 22.8 Å². The molecule has 0 aliphatic carbocycles. The summed E-state index contributed by atoms with van der Waals surface area (Å²) >= 11 is 6.09. The second-order valence-electron chi connectivity index (χ2n) is 7.33. The maximum Gasteiger partial charge on any atom is 0.416 e. The van der Waals surface area contributed by atoms with Crippen LogP contribution in [0.1, 0.15) is 38.4 Å². The van der Waals surface area contributed by atoms with Crippen LogP contribution in [0.15, 0.2) is 48.5 Å². The van der Waals surface area contributed by atoms with Gasteiger partial charge in [0.2, 0.25) is 11.7 Å². The number of aromatic carboxylic acids is 1. The van der Waals surface area contributed by atoms with E-state index in [2.05, 4.69) is 22.1 Å². The number of nitrogens with zero attached hydrogens (tertiary/aromatic N) is 2. The minimum atomic E-state index is -4.34. The number of halogens is 4. The number of carbonyl (C=O) groups excluding carboxylic acids is 1. The molecule has 0 spiro atoms. The summed E-state index contributed by atoms with van der Waals surface area (Å²) in [7, 11) is 1.54. The molecule has 0 aliphatic rings. The smallest absolute Gasteiger partial charge is 0.416 e. The number of benzene rings is 2. The highest BCUT2D eigenvalue weighted by molar-refractivity contribution is 6.28. The topological polar surface area (TPSA) is 93.5 Å². The number of amides is 1. The number of imidazole rings is 1. The number of carbonyl (C=O) groups is 2. The molecule has 2 aromatic carbocycles. The molecular weight excluding hydrogens is 499 g/mol. The highest BCUT2D eigenvalue weighted by atomic mass is 35.5.